The topological polar surface area (TPSA) is 82.1 Å². The largest absolute Gasteiger partial charge is 0.372 e. The molecule has 0 unspecified atom stereocenters. The highest BCUT2D eigenvalue weighted by atomic mass is 15.4. The van der Waals surface area contributed by atoms with Crippen molar-refractivity contribution < 1.29 is 0 Å². The van der Waals surface area contributed by atoms with Crippen LogP contribution in [0.4, 0.5) is 11.5 Å². The number of hydrogen-bond donors (Lipinski definition) is 2. The van der Waals surface area contributed by atoms with Crippen LogP contribution in [0.3, 0.4) is 0 Å². The summed E-state index contributed by atoms with van der Waals surface area (Å²) in [5.41, 5.74) is 3.37. The van der Waals surface area contributed by atoms with Crippen LogP contribution in [0.1, 0.15) is 0 Å². The van der Waals surface area contributed by atoms with Crippen LogP contribution in [0.15, 0.2) is 48.3 Å². The molecule has 7 heteroatoms. The molecule has 0 saturated carbocycles. The van der Waals surface area contributed by atoms with Gasteiger partial charge < -0.3 is 5.32 Å². The van der Waals surface area contributed by atoms with E-state index in [4.69, 9.17) is 0 Å². The van der Waals surface area contributed by atoms with E-state index in [2.05, 4.69) is 44.1 Å². The van der Waals surface area contributed by atoms with E-state index in [1.165, 1.54) is 0 Å². The van der Waals surface area contributed by atoms with Crippen molar-refractivity contribution in [2.45, 2.75) is 0 Å². The molecule has 0 atom stereocenters. The normalized spacial score (nSPS) is 10.4. The Morgan fingerprint density at radius 3 is 2.77 bits per heavy atom. The number of aromatic amines is 1. The standard InChI is InChI=1S/C15H15N7/c1-4-22(17-3)13-7-5-10(11-9-18-21-15(11)13)12-6-8-14(16-2)20-19-12/h4-9H,1,3H2,2H3,(H,16,20)(H,18,21). The van der Waals surface area contributed by atoms with E-state index in [9.17, 15) is 0 Å². The number of nitrogens with zero attached hydrogens (tertiary/aromatic N) is 5. The molecule has 3 aromatic rings. The zero-order valence-corrected chi connectivity index (χ0v) is 12.1. The Morgan fingerprint density at radius 1 is 1.27 bits per heavy atom. The lowest BCUT2D eigenvalue weighted by atomic mass is 10.1. The number of benzene rings is 1. The number of H-pyrrole nitrogens is 1. The molecular formula is C15H15N7. The van der Waals surface area contributed by atoms with Crippen LogP contribution < -0.4 is 10.3 Å². The maximum Gasteiger partial charge on any atom is 0.148 e. The van der Waals surface area contributed by atoms with E-state index in [1.807, 2.05) is 24.3 Å². The molecule has 3 rings (SSSR count). The zero-order valence-electron chi connectivity index (χ0n) is 12.1. The number of hydrogen-bond acceptors (Lipinski definition) is 6. The second-order valence-electron chi connectivity index (χ2n) is 4.51. The van der Waals surface area contributed by atoms with Crippen molar-refractivity contribution >= 4 is 29.1 Å². The molecule has 1 aromatic carbocycles. The average Bonchev–Trinajstić information content (AvgIpc) is 3.06. The lowest BCUT2D eigenvalue weighted by molar-refractivity contribution is 1.04. The van der Waals surface area contributed by atoms with Gasteiger partial charge in [0.2, 0.25) is 0 Å². The number of rotatable bonds is 5. The van der Waals surface area contributed by atoms with Crippen molar-refractivity contribution in [1.82, 2.24) is 20.4 Å². The predicted molar refractivity (Wildman–Crippen MR) is 88.9 cm³/mol. The van der Waals surface area contributed by atoms with Gasteiger partial charge in [0.05, 0.1) is 23.1 Å². The molecule has 0 aliphatic carbocycles. The summed E-state index contributed by atoms with van der Waals surface area (Å²) >= 11 is 0. The van der Waals surface area contributed by atoms with E-state index in [-0.39, 0.29) is 0 Å². The van der Waals surface area contributed by atoms with Gasteiger partial charge in [0, 0.05) is 30.9 Å². The lowest BCUT2D eigenvalue weighted by Crippen LogP contribution is -2.06. The van der Waals surface area contributed by atoms with E-state index in [0.29, 0.717) is 0 Å². The third kappa shape index (κ3) is 2.18. The summed E-state index contributed by atoms with van der Waals surface area (Å²) in [6.07, 6.45) is 3.34. The van der Waals surface area contributed by atoms with Gasteiger partial charge in [0.15, 0.2) is 0 Å². The van der Waals surface area contributed by atoms with Crippen molar-refractivity contribution in [2.75, 3.05) is 17.4 Å². The molecule has 0 spiro atoms. The highest BCUT2D eigenvalue weighted by Crippen LogP contribution is 2.33. The fourth-order valence-electron chi connectivity index (χ4n) is 2.28. The Bertz CT molecular complexity index is 812. The summed E-state index contributed by atoms with van der Waals surface area (Å²) in [7, 11) is 1.80. The second-order valence-corrected chi connectivity index (χ2v) is 4.51. The summed E-state index contributed by atoms with van der Waals surface area (Å²) in [5, 5.41) is 24.8. The number of anilines is 2. The maximum atomic E-state index is 4.24. The van der Waals surface area contributed by atoms with E-state index < -0.39 is 0 Å². The Balaban J connectivity index is 2.16. The maximum absolute atomic E-state index is 4.24. The summed E-state index contributed by atoms with van der Waals surface area (Å²) in [6.45, 7) is 7.27. The van der Waals surface area contributed by atoms with Crippen molar-refractivity contribution in [3.8, 4) is 11.3 Å². The van der Waals surface area contributed by atoms with E-state index in [1.54, 1.807) is 24.5 Å². The van der Waals surface area contributed by atoms with Gasteiger partial charge >= 0.3 is 0 Å². The zero-order chi connectivity index (χ0) is 15.5. The molecule has 0 aliphatic rings. The van der Waals surface area contributed by atoms with Gasteiger partial charge in [0.1, 0.15) is 5.82 Å². The van der Waals surface area contributed by atoms with Crippen LogP contribution in [0.5, 0.6) is 0 Å². The molecular weight excluding hydrogens is 278 g/mol. The molecule has 0 radical (unpaired) electrons. The van der Waals surface area contributed by atoms with Gasteiger partial charge in [-0.3, -0.25) is 5.10 Å². The van der Waals surface area contributed by atoms with Gasteiger partial charge in [-0.05, 0) is 24.3 Å². The number of nitrogens with one attached hydrogen (secondary N) is 2. The van der Waals surface area contributed by atoms with Gasteiger partial charge in [-0.15, -0.1) is 10.2 Å². The lowest BCUT2D eigenvalue weighted by Gasteiger charge is -2.14. The Morgan fingerprint density at radius 2 is 2.14 bits per heavy atom. The van der Waals surface area contributed by atoms with Crippen LogP contribution in [0.2, 0.25) is 0 Å². The first-order valence-corrected chi connectivity index (χ1v) is 6.65. The first-order valence-electron chi connectivity index (χ1n) is 6.65. The van der Waals surface area contributed by atoms with Gasteiger partial charge in [-0.25, -0.2) is 5.01 Å². The molecule has 0 saturated heterocycles. The Labute approximate surface area is 127 Å². The first kappa shape index (κ1) is 13.7. The van der Waals surface area contributed by atoms with Crippen molar-refractivity contribution in [3.05, 3.63) is 43.2 Å². The monoisotopic (exact) mass is 293 g/mol. The summed E-state index contributed by atoms with van der Waals surface area (Å²) in [5.74, 6) is 0.720. The number of aromatic nitrogens is 4. The van der Waals surface area contributed by atoms with Crippen LogP contribution in [0, 0.1) is 0 Å². The molecule has 110 valence electrons. The number of fused-ring (bicyclic) bond motifs is 1. The molecule has 22 heavy (non-hydrogen) atoms. The minimum atomic E-state index is 0.720. The summed E-state index contributed by atoms with van der Waals surface area (Å²) < 4.78 is 0. The molecule has 2 aromatic heterocycles. The minimum Gasteiger partial charge on any atom is -0.372 e. The van der Waals surface area contributed by atoms with Gasteiger partial charge in [0.25, 0.3) is 0 Å². The third-order valence-electron chi connectivity index (χ3n) is 3.36. The molecule has 2 heterocycles. The van der Waals surface area contributed by atoms with Crippen molar-refractivity contribution in [3.63, 3.8) is 0 Å². The first-order chi connectivity index (χ1) is 10.8. The van der Waals surface area contributed by atoms with Crippen LogP contribution in [-0.2, 0) is 0 Å². The highest BCUT2D eigenvalue weighted by molar-refractivity contribution is 6.00. The SMILES string of the molecule is C=CN(N=C)c1ccc(-c2ccc(NC)nn2)c2cn[nH]c12. The highest BCUT2D eigenvalue weighted by Gasteiger charge is 2.13. The van der Waals surface area contributed by atoms with Gasteiger partial charge in [-0.2, -0.15) is 10.2 Å². The molecule has 0 aliphatic heterocycles. The molecule has 2 N–H and O–H groups in total. The Kier molecular flexibility index (Phi) is 3.53. The quantitative estimate of drug-likeness (QED) is 0.558. The average molecular weight is 293 g/mol. The molecule has 7 nitrogen and oxygen atoms in total. The smallest absolute Gasteiger partial charge is 0.148 e. The van der Waals surface area contributed by atoms with Crippen LogP contribution >= 0.6 is 0 Å². The minimum absolute atomic E-state index is 0.720. The molecule has 0 amide bonds. The molecule has 0 bridgehead atoms. The van der Waals surface area contributed by atoms with Crippen molar-refractivity contribution in [1.29, 1.82) is 0 Å². The van der Waals surface area contributed by atoms with E-state index >= 15 is 0 Å². The van der Waals surface area contributed by atoms with Crippen LogP contribution in [-0.4, -0.2) is 34.2 Å². The summed E-state index contributed by atoms with van der Waals surface area (Å²) in [6, 6.07) is 7.67. The summed E-state index contributed by atoms with van der Waals surface area (Å²) in [4.78, 5) is 0. The van der Waals surface area contributed by atoms with Gasteiger partial charge in [-0.1, -0.05) is 6.58 Å². The predicted octanol–water partition coefficient (Wildman–Crippen LogP) is 2.63. The second kappa shape index (κ2) is 5.65. The third-order valence-corrected chi connectivity index (χ3v) is 3.36. The van der Waals surface area contributed by atoms with E-state index in [0.717, 1.165) is 33.7 Å². The van der Waals surface area contributed by atoms with Crippen LogP contribution in [0.25, 0.3) is 22.2 Å². The molecule has 0 fully saturated rings. The fraction of sp³-hybridized carbons (Fsp3) is 0.0667. The fourth-order valence-corrected chi connectivity index (χ4v) is 2.28. The van der Waals surface area contributed by atoms with Crippen molar-refractivity contribution in [2.24, 2.45) is 5.10 Å². The Hall–Kier alpha value is -3.22. The number of hydrazone groups is 1.